The summed E-state index contributed by atoms with van der Waals surface area (Å²) in [5, 5.41) is 1.18. The maximum absolute atomic E-state index is 14.8. The second kappa shape index (κ2) is 10.8. The molecule has 8 heteroatoms. The molecule has 1 amide bonds. The number of hydrogen-bond acceptors (Lipinski definition) is 3. The second-order valence-electron chi connectivity index (χ2n) is 8.45. The van der Waals surface area contributed by atoms with Gasteiger partial charge in [-0.05, 0) is 87.8 Å². The van der Waals surface area contributed by atoms with Crippen LogP contribution in [0.2, 0.25) is 10.0 Å². The molecule has 5 rings (SSSR count). The average molecular weight is 633 g/mol. The van der Waals surface area contributed by atoms with Gasteiger partial charge in [0.25, 0.3) is 5.91 Å². The number of anilines is 1. The number of nitrogens with zero attached hydrogens (tertiary/aromatic N) is 2. The number of amides is 1. The highest BCUT2D eigenvalue weighted by atomic mass is 127. The van der Waals surface area contributed by atoms with Crippen LogP contribution in [0, 0.1) is 9.39 Å². The molecule has 4 nitrogen and oxygen atoms in total. The molecule has 1 fully saturated rings. The Morgan fingerprint density at radius 2 is 1.61 bits per heavy atom. The third-order valence-corrected chi connectivity index (χ3v) is 7.32. The van der Waals surface area contributed by atoms with E-state index in [0.717, 1.165) is 14.7 Å². The Bertz CT molecular complexity index is 1370. The maximum Gasteiger partial charge on any atom is 0.257 e. The Balaban J connectivity index is 1.64. The van der Waals surface area contributed by atoms with Crippen LogP contribution in [0.3, 0.4) is 0 Å². The molecule has 1 aliphatic heterocycles. The van der Waals surface area contributed by atoms with Gasteiger partial charge in [0.1, 0.15) is 18.0 Å². The highest BCUT2D eigenvalue weighted by Crippen LogP contribution is 2.45. The van der Waals surface area contributed by atoms with Crippen LogP contribution in [0.15, 0.2) is 91.3 Å². The monoisotopic (exact) mass is 632 g/mol. The molecule has 0 bridgehead atoms. The molecule has 1 aromatic heterocycles. The van der Waals surface area contributed by atoms with Gasteiger partial charge in [-0.15, -0.1) is 0 Å². The van der Waals surface area contributed by atoms with Gasteiger partial charge in [0, 0.05) is 26.2 Å². The Kier molecular flexibility index (Phi) is 7.57. The molecule has 0 radical (unpaired) electrons. The van der Waals surface area contributed by atoms with E-state index in [-0.39, 0.29) is 18.1 Å². The molecule has 182 valence electrons. The molecule has 1 saturated heterocycles. The molecule has 1 aliphatic rings. The lowest BCUT2D eigenvalue weighted by molar-refractivity contribution is -0.145. The summed E-state index contributed by atoms with van der Waals surface area (Å²) in [4.78, 5) is 19.9. The number of pyridine rings is 1. The van der Waals surface area contributed by atoms with E-state index in [1.165, 1.54) is 6.07 Å². The van der Waals surface area contributed by atoms with Gasteiger partial charge in [0.05, 0.1) is 17.9 Å². The van der Waals surface area contributed by atoms with Crippen molar-refractivity contribution in [1.29, 1.82) is 0 Å². The average Bonchev–Trinajstić information content (AvgIpc) is 2.88. The van der Waals surface area contributed by atoms with Gasteiger partial charge in [-0.1, -0.05) is 53.5 Å². The van der Waals surface area contributed by atoms with Crippen molar-refractivity contribution in [2.75, 3.05) is 4.90 Å². The Hall–Kier alpha value is -2.52. The van der Waals surface area contributed by atoms with Crippen LogP contribution in [-0.4, -0.2) is 17.0 Å². The predicted octanol–water partition coefficient (Wildman–Crippen LogP) is 7.59. The molecule has 0 spiro atoms. The van der Waals surface area contributed by atoms with Gasteiger partial charge in [-0.3, -0.25) is 14.7 Å². The Labute approximate surface area is 232 Å². The number of carbonyl (C=O) groups is 1. The van der Waals surface area contributed by atoms with Gasteiger partial charge >= 0.3 is 0 Å². The number of carbonyl (C=O) groups excluding carboxylic acids is 1. The summed E-state index contributed by atoms with van der Waals surface area (Å²) in [7, 11) is 0. The first-order valence-electron chi connectivity index (χ1n) is 11.2. The summed E-state index contributed by atoms with van der Waals surface area (Å²) in [6, 6.07) is 22.8. The molecule has 3 aromatic carbocycles. The summed E-state index contributed by atoms with van der Waals surface area (Å²) in [6.45, 7) is 0. The van der Waals surface area contributed by atoms with Gasteiger partial charge in [0.2, 0.25) is 0 Å². The molecule has 36 heavy (non-hydrogen) atoms. The number of morpholine rings is 1. The molecular formula is C28H20Cl2FIN2O2. The van der Waals surface area contributed by atoms with Gasteiger partial charge in [0.15, 0.2) is 0 Å². The van der Waals surface area contributed by atoms with Crippen molar-refractivity contribution in [3.63, 3.8) is 0 Å². The lowest BCUT2D eigenvalue weighted by Crippen LogP contribution is -2.52. The number of hydrogen-bond donors (Lipinski definition) is 0. The second-order valence-corrected chi connectivity index (χ2v) is 10.6. The van der Waals surface area contributed by atoms with E-state index in [1.54, 1.807) is 53.7 Å². The van der Waals surface area contributed by atoms with Crippen LogP contribution in [-0.2, 0) is 16.0 Å². The van der Waals surface area contributed by atoms with Crippen LogP contribution in [0.5, 0.6) is 0 Å². The van der Waals surface area contributed by atoms with Crippen LogP contribution in [0.1, 0.15) is 28.8 Å². The van der Waals surface area contributed by atoms with Crippen molar-refractivity contribution < 1.29 is 13.9 Å². The Morgan fingerprint density at radius 1 is 0.944 bits per heavy atom. The number of halogens is 4. The smallest absolute Gasteiger partial charge is 0.257 e. The van der Waals surface area contributed by atoms with E-state index in [0.29, 0.717) is 21.3 Å². The number of rotatable bonds is 5. The normalized spacial score (nSPS) is 19.9. The van der Waals surface area contributed by atoms with Gasteiger partial charge in [-0.25, -0.2) is 4.39 Å². The molecule has 3 atom stereocenters. The van der Waals surface area contributed by atoms with Crippen molar-refractivity contribution in [2.45, 2.75) is 24.7 Å². The van der Waals surface area contributed by atoms with Crippen molar-refractivity contribution in [2.24, 2.45) is 0 Å². The molecule has 0 unspecified atom stereocenters. The van der Waals surface area contributed by atoms with Crippen LogP contribution >= 0.6 is 45.8 Å². The number of aromatic nitrogens is 1. The first-order valence-corrected chi connectivity index (χ1v) is 13.1. The molecule has 4 aromatic rings. The van der Waals surface area contributed by atoms with E-state index < -0.39 is 18.2 Å². The van der Waals surface area contributed by atoms with E-state index >= 15 is 0 Å². The van der Waals surface area contributed by atoms with Crippen molar-refractivity contribution in [3.8, 4) is 0 Å². The van der Waals surface area contributed by atoms with E-state index in [9.17, 15) is 9.18 Å². The van der Waals surface area contributed by atoms with Crippen LogP contribution in [0.25, 0.3) is 0 Å². The fourth-order valence-corrected chi connectivity index (χ4v) is 5.15. The highest BCUT2D eigenvalue weighted by Gasteiger charge is 2.45. The number of benzene rings is 3. The highest BCUT2D eigenvalue weighted by molar-refractivity contribution is 14.1. The van der Waals surface area contributed by atoms with Crippen LogP contribution in [0.4, 0.5) is 10.1 Å². The first kappa shape index (κ1) is 25.1. The third-order valence-electron chi connectivity index (χ3n) is 6.14. The summed E-state index contributed by atoms with van der Waals surface area (Å²) in [5.41, 5.74) is 2.72. The number of ether oxygens (including phenoxy) is 1. The summed E-state index contributed by atoms with van der Waals surface area (Å²) in [5.74, 6) is -0.639. The zero-order chi connectivity index (χ0) is 25.2. The van der Waals surface area contributed by atoms with Crippen molar-refractivity contribution >= 4 is 57.4 Å². The van der Waals surface area contributed by atoms with Gasteiger partial charge < -0.3 is 4.74 Å². The minimum atomic E-state index is -0.913. The fraction of sp³-hybridized carbons (Fsp3) is 0.143. The van der Waals surface area contributed by atoms with Crippen molar-refractivity contribution in [3.05, 3.63) is 127 Å². The zero-order valence-electron chi connectivity index (χ0n) is 18.8. The van der Waals surface area contributed by atoms with Crippen LogP contribution < -0.4 is 4.90 Å². The minimum Gasteiger partial charge on any atom is -0.358 e. The lowest BCUT2D eigenvalue weighted by Gasteiger charge is -2.44. The quantitative estimate of drug-likeness (QED) is 0.213. The molecule has 2 heterocycles. The molecule has 0 N–H and O–H groups in total. The SMILES string of the molecule is O=C1[C@@H](Cc2ccc(I)cc2F)O[C@H](c2ccc(Cl)cc2)[C@H](c2ccc(Cl)cc2)N1c1cccnc1. The summed E-state index contributed by atoms with van der Waals surface area (Å²) in [6.07, 6.45) is 1.92. The predicted molar refractivity (Wildman–Crippen MR) is 148 cm³/mol. The molecule has 0 aliphatic carbocycles. The molecular weight excluding hydrogens is 613 g/mol. The summed E-state index contributed by atoms with van der Waals surface area (Å²) >= 11 is 14.4. The van der Waals surface area contributed by atoms with E-state index in [4.69, 9.17) is 27.9 Å². The topological polar surface area (TPSA) is 42.4 Å². The Morgan fingerprint density at radius 3 is 2.22 bits per heavy atom. The molecule has 0 saturated carbocycles. The standard InChI is InChI=1S/C28H20Cl2FIN2O2/c29-20-8-3-17(4-9-20)26-27(18-5-10-21(30)11-6-18)36-25(14-19-7-12-22(32)15-24(19)31)28(35)34(26)23-2-1-13-33-16-23/h1-13,15-16,25-27H,14H2/t25-,26+,27-/m1/s1. The largest absolute Gasteiger partial charge is 0.358 e. The van der Waals surface area contributed by atoms with Gasteiger partial charge in [-0.2, -0.15) is 0 Å². The first-order chi connectivity index (χ1) is 17.4. The van der Waals surface area contributed by atoms with E-state index in [2.05, 4.69) is 27.6 Å². The maximum atomic E-state index is 14.8. The third kappa shape index (κ3) is 5.27. The minimum absolute atomic E-state index is 0.0930. The zero-order valence-corrected chi connectivity index (χ0v) is 22.5. The van der Waals surface area contributed by atoms with E-state index in [1.807, 2.05) is 36.4 Å². The fourth-order valence-electron chi connectivity index (χ4n) is 4.44. The van der Waals surface area contributed by atoms with Crippen molar-refractivity contribution in [1.82, 2.24) is 4.98 Å². The lowest BCUT2D eigenvalue weighted by atomic mass is 9.90. The summed E-state index contributed by atoms with van der Waals surface area (Å²) < 4.78 is 22.1.